The minimum absolute atomic E-state index is 0.0855. The van der Waals surface area contributed by atoms with Crippen LogP contribution in [0.5, 0.6) is 0 Å². The zero-order chi connectivity index (χ0) is 20.7. The summed E-state index contributed by atoms with van der Waals surface area (Å²) in [7, 11) is 0. The quantitative estimate of drug-likeness (QED) is 0.390. The van der Waals surface area contributed by atoms with Gasteiger partial charge < -0.3 is 15.5 Å². The van der Waals surface area contributed by atoms with E-state index in [0.29, 0.717) is 32.6 Å². The second-order valence-corrected chi connectivity index (χ2v) is 6.64. The van der Waals surface area contributed by atoms with Crippen molar-refractivity contribution in [3.63, 3.8) is 0 Å². The van der Waals surface area contributed by atoms with Crippen molar-refractivity contribution < 1.29 is 19.4 Å². The van der Waals surface area contributed by atoms with E-state index in [4.69, 9.17) is 0 Å². The van der Waals surface area contributed by atoms with E-state index in [-0.39, 0.29) is 22.5 Å². The van der Waals surface area contributed by atoms with Crippen molar-refractivity contribution in [1.82, 2.24) is 15.0 Å². The third-order valence-electron chi connectivity index (χ3n) is 4.87. The Bertz CT molecular complexity index is 1250. The lowest BCUT2D eigenvalue weighted by Gasteiger charge is -2.14. The lowest BCUT2D eigenvalue weighted by molar-refractivity contribution is -0.623. The lowest BCUT2D eigenvalue weighted by atomic mass is 10.2. The number of benzene rings is 2. The number of carboxylic acid groups (broad SMARTS) is 1. The van der Waals surface area contributed by atoms with Gasteiger partial charge in [0.1, 0.15) is 11.2 Å². The first kappa shape index (κ1) is 18.4. The highest BCUT2D eigenvalue weighted by Gasteiger charge is 2.25. The molecule has 4 rings (SSSR count). The monoisotopic (exact) mass is 394 g/mol. The maximum absolute atomic E-state index is 12.8. The van der Waals surface area contributed by atoms with Crippen LogP contribution in [0.3, 0.4) is 0 Å². The van der Waals surface area contributed by atoms with Crippen LogP contribution in [-0.2, 0) is 4.79 Å². The minimum atomic E-state index is -1.01. The van der Waals surface area contributed by atoms with Gasteiger partial charge in [-0.05, 0) is 24.6 Å². The molecule has 2 aromatic carbocycles. The van der Waals surface area contributed by atoms with Gasteiger partial charge in [-0.3, -0.25) is 0 Å². The van der Waals surface area contributed by atoms with E-state index in [1.165, 1.54) is 4.68 Å². The van der Waals surface area contributed by atoms with Crippen molar-refractivity contribution in [1.29, 1.82) is 0 Å². The standard InChI is InChI=1S/C19H18N6O4/c1-3-14(19(26)27)23-17-10-12(8-9-13(17)21-22-23)20-18-11(2)24(28)15-6-4-5-7-16(15)25(18)29/h4-10,14,20H,3H2,1-2H3,(H,26,27). The molecule has 10 nitrogen and oxygen atoms in total. The summed E-state index contributed by atoms with van der Waals surface area (Å²) in [6.07, 6.45) is 0.339. The number of carboxylic acids is 1. The van der Waals surface area contributed by atoms with Gasteiger partial charge in [0.2, 0.25) is 5.52 Å². The highest BCUT2D eigenvalue weighted by Crippen LogP contribution is 2.24. The van der Waals surface area contributed by atoms with Crippen molar-refractivity contribution in [3.05, 3.63) is 58.6 Å². The van der Waals surface area contributed by atoms with Gasteiger partial charge in [0, 0.05) is 19.1 Å². The van der Waals surface area contributed by atoms with Gasteiger partial charge in [-0.15, -0.1) is 5.10 Å². The van der Waals surface area contributed by atoms with Gasteiger partial charge in [0.25, 0.3) is 11.2 Å². The lowest BCUT2D eigenvalue weighted by Crippen LogP contribution is -2.43. The molecule has 2 aromatic heterocycles. The van der Waals surface area contributed by atoms with Gasteiger partial charge >= 0.3 is 11.8 Å². The number of aliphatic carboxylic acids is 1. The van der Waals surface area contributed by atoms with E-state index in [9.17, 15) is 20.3 Å². The zero-order valence-electron chi connectivity index (χ0n) is 15.7. The molecule has 29 heavy (non-hydrogen) atoms. The van der Waals surface area contributed by atoms with E-state index in [0.717, 1.165) is 0 Å². The third kappa shape index (κ3) is 2.94. The van der Waals surface area contributed by atoms with Crippen molar-refractivity contribution >= 4 is 39.5 Å². The molecule has 0 aliphatic rings. The highest BCUT2D eigenvalue weighted by atomic mass is 16.5. The molecule has 0 saturated heterocycles. The number of carbonyl (C=O) groups is 1. The van der Waals surface area contributed by atoms with Crippen LogP contribution in [0.25, 0.3) is 22.1 Å². The Morgan fingerprint density at radius 2 is 1.90 bits per heavy atom. The summed E-state index contributed by atoms with van der Waals surface area (Å²) in [5, 5.41) is 45.8. The highest BCUT2D eigenvalue weighted by molar-refractivity contribution is 5.82. The molecule has 4 aromatic rings. The molecule has 0 amide bonds. The topological polar surface area (TPSA) is 134 Å². The summed E-state index contributed by atoms with van der Waals surface area (Å²) in [6, 6.07) is 10.7. The molecule has 0 radical (unpaired) electrons. The smallest absolute Gasteiger partial charge is 0.352 e. The Labute approximate surface area is 164 Å². The minimum Gasteiger partial charge on any atom is -0.710 e. The summed E-state index contributed by atoms with van der Waals surface area (Å²) < 4.78 is 2.72. The molecule has 0 saturated carbocycles. The summed E-state index contributed by atoms with van der Waals surface area (Å²) in [4.78, 5) is 11.5. The van der Waals surface area contributed by atoms with Gasteiger partial charge in [-0.2, -0.15) is 4.73 Å². The molecule has 0 fully saturated rings. The number of rotatable bonds is 5. The fraction of sp³-hybridized carbons (Fsp3) is 0.211. The maximum atomic E-state index is 12.8. The van der Waals surface area contributed by atoms with Gasteiger partial charge in [0.15, 0.2) is 6.04 Å². The molecule has 2 N–H and O–H groups in total. The van der Waals surface area contributed by atoms with E-state index in [1.54, 1.807) is 56.3 Å². The van der Waals surface area contributed by atoms with Crippen LogP contribution in [-0.4, -0.2) is 26.1 Å². The number of nitrogens with one attached hydrogen (secondary N) is 1. The fourth-order valence-corrected chi connectivity index (χ4v) is 3.33. The Morgan fingerprint density at radius 3 is 2.55 bits per heavy atom. The summed E-state index contributed by atoms with van der Waals surface area (Å²) >= 11 is 0. The zero-order valence-corrected chi connectivity index (χ0v) is 15.7. The second kappa shape index (κ2) is 6.89. The van der Waals surface area contributed by atoms with E-state index in [1.807, 2.05) is 0 Å². The van der Waals surface area contributed by atoms with Crippen LogP contribution in [0.2, 0.25) is 0 Å². The van der Waals surface area contributed by atoms with Crippen molar-refractivity contribution in [2.75, 3.05) is 5.32 Å². The predicted molar refractivity (Wildman–Crippen MR) is 104 cm³/mol. The average Bonchev–Trinajstić information content (AvgIpc) is 3.13. The van der Waals surface area contributed by atoms with Gasteiger partial charge in [-0.25, -0.2) is 19.5 Å². The SMILES string of the molecule is CCC(C(=O)O)n1nnc2ccc(Nc3c(C)[n+]([O-])c4ccccc4[n+]3[O-])cc21. The molecule has 0 aliphatic heterocycles. The number of fused-ring (bicyclic) bond motifs is 2. The molecule has 2 heterocycles. The molecule has 148 valence electrons. The van der Waals surface area contributed by atoms with Gasteiger partial charge in [0.05, 0.1) is 5.52 Å². The summed E-state index contributed by atoms with van der Waals surface area (Å²) in [5.74, 6) is -0.921. The number of hydrogen-bond donors (Lipinski definition) is 2. The predicted octanol–water partition coefficient (Wildman–Crippen LogP) is 1.94. The molecule has 1 atom stereocenters. The van der Waals surface area contributed by atoms with Crippen molar-refractivity contribution in [2.24, 2.45) is 0 Å². The van der Waals surface area contributed by atoms with Gasteiger partial charge in [-0.1, -0.05) is 24.3 Å². The van der Waals surface area contributed by atoms with E-state index in [2.05, 4.69) is 15.6 Å². The third-order valence-corrected chi connectivity index (χ3v) is 4.87. The number of nitrogens with zero attached hydrogens (tertiary/aromatic N) is 5. The van der Waals surface area contributed by atoms with Crippen LogP contribution in [0.4, 0.5) is 11.5 Å². The maximum Gasteiger partial charge on any atom is 0.352 e. The molecule has 0 spiro atoms. The second-order valence-electron chi connectivity index (χ2n) is 6.64. The Hall–Kier alpha value is -3.95. The number of hydrogen-bond acceptors (Lipinski definition) is 6. The first-order valence-corrected chi connectivity index (χ1v) is 9.01. The largest absolute Gasteiger partial charge is 0.710 e. The van der Waals surface area contributed by atoms with E-state index < -0.39 is 12.0 Å². The van der Waals surface area contributed by atoms with Crippen molar-refractivity contribution in [3.8, 4) is 0 Å². The Kier molecular flexibility index (Phi) is 4.38. The fourth-order valence-electron chi connectivity index (χ4n) is 3.33. The Morgan fingerprint density at radius 1 is 1.21 bits per heavy atom. The molecule has 1 unspecified atom stereocenters. The number of aromatic nitrogens is 5. The molecular formula is C19H18N6O4. The van der Waals surface area contributed by atoms with Crippen LogP contribution in [0.1, 0.15) is 25.1 Å². The normalized spacial score (nSPS) is 12.3. The molecule has 10 heteroatoms. The molecular weight excluding hydrogens is 376 g/mol. The van der Waals surface area contributed by atoms with Crippen LogP contribution >= 0.6 is 0 Å². The molecule has 0 aliphatic carbocycles. The first-order chi connectivity index (χ1) is 13.9. The van der Waals surface area contributed by atoms with Crippen molar-refractivity contribution in [2.45, 2.75) is 26.3 Å². The summed E-state index contributed by atoms with van der Waals surface area (Å²) in [5.41, 5.74) is 2.26. The van der Waals surface area contributed by atoms with Crippen LogP contribution < -0.4 is 14.8 Å². The number of anilines is 2. The summed E-state index contributed by atoms with van der Waals surface area (Å²) in [6.45, 7) is 3.30. The Balaban J connectivity index is 1.82. The first-order valence-electron chi connectivity index (χ1n) is 9.01. The van der Waals surface area contributed by atoms with Crippen LogP contribution in [0, 0.1) is 17.3 Å². The van der Waals surface area contributed by atoms with Crippen LogP contribution in [0.15, 0.2) is 42.5 Å². The average molecular weight is 394 g/mol. The molecule has 0 bridgehead atoms. The van der Waals surface area contributed by atoms with E-state index >= 15 is 0 Å². The number of para-hydroxylation sites is 2.